The maximum Gasteiger partial charge on any atom is 0.225 e. The lowest BCUT2D eigenvalue weighted by Crippen LogP contribution is -2.60. The van der Waals surface area contributed by atoms with Gasteiger partial charge in [-0.1, -0.05) is 60.3 Å². The van der Waals surface area contributed by atoms with Crippen molar-refractivity contribution in [2.75, 3.05) is 38.1 Å². The SMILES string of the molecule is CCCCCCC(C)CN(C)CCCc1cnc(N2C(CC)CN(C(C)CC)CC2CC)nc1. The fourth-order valence-electron chi connectivity index (χ4n) is 5.48. The zero-order chi connectivity index (χ0) is 24.9. The number of piperazine rings is 1. The van der Waals surface area contributed by atoms with E-state index in [9.17, 15) is 0 Å². The molecule has 0 N–H and O–H groups in total. The number of hydrogen-bond acceptors (Lipinski definition) is 5. The van der Waals surface area contributed by atoms with Gasteiger partial charge < -0.3 is 9.80 Å². The van der Waals surface area contributed by atoms with Gasteiger partial charge in [-0.3, -0.25) is 4.90 Å². The first-order chi connectivity index (χ1) is 16.4. The summed E-state index contributed by atoms with van der Waals surface area (Å²) in [5.74, 6) is 1.73. The molecule has 1 saturated heterocycles. The largest absolute Gasteiger partial charge is 0.332 e. The molecule has 2 heterocycles. The van der Waals surface area contributed by atoms with Gasteiger partial charge in [0.2, 0.25) is 5.95 Å². The second-order valence-corrected chi connectivity index (χ2v) is 11.0. The van der Waals surface area contributed by atoms with E-state index in [0.29, 0.717) is 18.1 Å². The summed E-state index contributed by atoms with van der Waals surface area (Å²) in [6.07, 6.45) is 16.7. The van der Waals surface area contributed by atoms with Crippen LogP contribution in [0.15, 0.2) is 12.4 Å². The first kappa shape index (κ1) is 29.0. The van der Waals surface area contributed by atoms with E-state index in [1.807, 2.05) is 0 Å². The highest BCUT2D eigenvalue weighted by atomic mass is 15.4. The Morgan fingerprint density at radius 1 is 0.941 bits per heavy atom. The van der Waals surface area contributed by atoms with Gasteiger partial charge in [-0.05, 0) is 70.5 Å². The van der Waals surface area contributed by atoms with Crippen molar-refractivity contribution in [1.29, 1.82) is 0 Å². The highest BCUT2D eigenvalue weighted by molar-refractivity contribution is 5.35. The summed E-state index contributed by atoms with van der Waals surface area (Å²) in [6.45, 7) is 18.6. The van der Waals surface area contributed by atoms with E-state index in [1.54, 1.807) is 0 Å². The Kier molecular flexibility index (Phi) is 13.4. The van der Waals surface area contributed by atoms with Gasteiger partial charge >= 0.3 is 0 Å². The van der Waals surface area contributed by atoms with Crippen molar-refractivity contribution in [3.8, 4) is 0 Å². The fourth-order valence-corrected chi connectivity index (χ4v) is 5.48. The Labute approximate surface area is 211 Å². The molecular formula is C29H55N5. The summed E-state index contributed by atoms with van der Waals surface area (Å²) in [6, 6.07) is 1.64. The van der Waals surface area contributed by atoms with Crippen LogP contribution in [0.3, 0.4) is 0 Å². The molecule has 4 unspecified atom stereocenters. The molecule has 0 aromatic carbocycles. The first-order valence-electron chi connectivity index (χ1n) is 14.4. The predicted molar refractivity (Wildman–Crippen MR) is 148 cm³/mol. The van der Waals surface area contributed by atoms with Gasteiger partial charge in [0, 0.05) is 50.2 Å². The van der Waals surface area contributed by atoms with E-state index in [2.05, 4.69) is 75.7 Å². The number of unbranched alkanes of at least 4 members (excludes halogenated alkanes) is 3. The maximum absolute atomic E-state index is 4.87. The number of aromatic nitrogens is 2. The Morgan fingerprint density at radius 3 is 2.15 bits per heavy atom. The van der Waals surface area contributed by atoms with Gasteiger partial charge in [-0.25, -0.2) is 9.97 Å². The first-order valence-corrected chi connectivity index (χ1v) is 14.4. The standard InChI is InChI=1S/C29H55N5/c1-8-12-13-14-16-24(5)21-32(7)18-15-17-26-19-30-29(31-20-26)34-27(10-3)22-33(25(6)9-2)23-28(34)11-4/h19-20,24-25,27-28H,8-18,21-23H2,1-7H3. The van der Waals surface area contributed by atoms with Crippen molar-refractivity contribution in [1.82, 2.24) is 19.8 Å². The number of aryl methyl sites for hydroxylation is 1. The van der Waals surface area contributed by atoms with Crippen LogP contribution in [0.4, 0.5) is 5.95 Å². The molecule has 1 fully saturated rings. The lowest BCUT2D eigenvalue weighted by molar-refractivity contribution is 0.135. The average molecular weight is 474 g/mol. The molecule has 2 rings (SSSR count). The van der Waals surface area contributed by atoms with Crippen LogP contribution in [0.25, 0.3) is 0 Å². The zero-order valence-electron chi connectivity index (χ0n) is 23.6. The third kappa shape index (κ3) is 9.11. The van der Waals surface area contributed by atoms with Crippen molar-refractivity contribution >= 4 is 5.95 Å². The van der Waals surface area contributed by atoms with Gasteiger partial charge in [0.05, 0.1) is 0 Å². The smallest absolute Gasteiger partial charge is 0.225 e. The molecule has 1 aliphatic rings. The molecule has 0 bridgehead atoms. The van der Waals surface area contributed by atoms with Crippen LogP contribution >= 0.6 is 0 Å². The predicted octanol–water partition coefficient (Wildman–Crippen LogP) is 6.43. The molecule has 0 saturated carbocycles. The van der Waals surface area contributed by atoms with Crippen molar-refractivity contribution in [2.45, 2.75) is 124 Å². The molecule has 4 atom stereocenters. The third-order valence-electron chi connectivity index (χ3n) is 7.94. The van der Waals surface area contributed by atoms with Crippen LogP contribution in [0.2, 0.25) is 0 Å². The minimum atomic E-state index is 0.496. The summed E-state index contributed by atoms with van der Waals surface area (Å²) < 4.78 is 0. The van der Waals surface area contributed by atoms with Crippen molar-refractivity contribution in [3.63, 3.8) is 0 Å². The highest BCUT2D eigenvalue weighted by Gasteiger charge is 2.35. The second kappa shape index (κ2) is 15.7. The zero-order valence-corrected chi connectivity index (χ0v) is 23.6. The fraction of sp³-hybridized carbons (Fsp3) is 0.862. The molecule has 5 nitrogen and oxygen atoms in total. The minimum absolute atomic E-state index is 0.496. The third-order valence-corrected chi connectivity index (χ3v) is 7.94. The van der Waals surface area contributed by atoms with E-state index < -0.39 is 0 Å². The Hall–Kier alpha value is -1.20. The number of nitrogens with zero attached hydrogens (tertiary/aromatic N) is 5. The number of anilines is 1. The Bertz CT molecular complexity index is 634. The van der Waals surface area contributed by atoms with Gasteiger partial charge in [0.15, 0.2) is 0 Å². The molecule has 0 amide bonds. The summed E-state index contributed by atoms with van der Waals surface area (Å²) in [5.41, 5.74) is 1.27. The number of hydrogen-bond donors (Lipinski definition) is 0. The van der Waals surface area contributed by atoms with E-state index >= 15 is 0 Å². The maximum atomic E-state index is 4.87. The Morgan fingerprint density at radius 2 is 1.59 bits per heavy atom. The monoisotopic (exact) mass is 473 g/mol. The topological polar surface area (TPSA) is 35.5 Å². The molecule has 0 radical (unpaired) electrons. The molecule has 0 aliphatic carbocycles. The van der Waals surface area contributed by atoms with E-state index in [1.165, 1.54) is 57.1 Å². The average Bonchev–Trinajstić information content (AvgIpc) is 2.85. The van der Waals surface area contributed by atoms with Gasteiger partial charge in [0.1, 0.15) is 0 Å². The Balaban J connectivity index is 1.83. The molecular weight excluding hydrogens is 418 g/mol. The molecule has 196 valence electrons. The summed E-state index contributed by atoms with van der Waals surface area (Å²) in [7, 11) is 2.27. The minimum Gasteiger partial charge on any atom is -0.332 e. The van der Waals surface area contributed by atoms with Crippen LogP contribution in [0.1, 0.15) is 105 Å². The van der Waals surface area contributed by atoms with Crippen molar-refractivity contribution < 1.29 is 0 Å². The van der Waals surface area contributed by atoms with Crippen LogP contribution in [0, 0.1) is 5.92 Å². The van der Waals surface area contributed by atoms with Crippen LogP contribution < -0.4 is 4.90 Å². The quantitative estimate of drug-likeness (QED) is 0.259. The van der Waals surface area contributed by atoms with E-state index in [-0.39, 0.29) is 0 Å². The number of rotatable bonds is 16. The summed E-state index contributed by atoms with van der Waals surface area (Å²) in [4.78, 5) is 17.4. The molecule has 1 aliphatic heterocycles. The van der Waals surface area contributed by atoms with Crippen molar-refractivity contribution in [3.05, 3.63) is 18.0 Å². The van der Waals surface area contributed by atoms with Crippen molar-refractivity contribution in [2.24, 2.45) is 5.92 Å². The van der Waals surface area contributed by atoms with Gasteiger partial charge in [-0.2, -0.15) is 0 Å². The molecule has 34 heavy (non-hydrogen) atoms. The molecule has 1 aromatic heterocycles. The normalized spacial score (nSPS) is 21.2. The molecule has 1 aromatic rings. The highest BCUT2D eigenvalue weighted by Crippen LogP contribution is 2.26. The summed E-state index contributed by atoms with van der Waals surface area (Å²) in [5, 5.41) is 0. The van der Waals surface area contributed by atoms with Gasteiger partial charge in [-0.15, -0.1) is 0 Å². The summed E-state index contributed by atoms with van der Waals surface area (Å²) >= 11 is 0. The van der Waals surface area contributed by atoms with Crippen LogP contribution in [-0.4, -0.2) is 71.1 Å². The van der Waals surface area contributed by atoms with E-state index in [0.717, 1.165) is 50.8 Å². The lowest BCUT2D eigenvalue weighted by atomic mass is 10.00. The van der Waals surface area contributed by atoms with Crippen LogP contribution in [0.5, 0.6) is 0 Å². The molecule has 5 heteroatoms. The lowest BCUT2D eigenvalue weighted by Gasteiger charge is -2.48. The molecule has 0 spiro atoms. The van der Waals surface area contributed by atoms with E-state index in [4.69, 9.17) is 9.97 Å². The second-order valence-electron chi connectivity index (χ2n) is 11.0. The van der Waals surface area contributed by atoms with Crippen LogP contribution in [-0.2, 0) is 6.42 Å². The van der Waals surface area contributed by atoms with Gasteiger partial charge in [0.25, 0.3) is 0 Å².